The number of hydrogen-bond acceptors (Lipinski definition) is 6. The summed E-state index contributed by atoms with van der Waals surface area (Å²) in [5.41, 5.74) is -0.174. The van der Waals surface area contributed by atoms with Crippen LogP contribution < -0.4 is 14.8 Å². The molecule has 0 saturated heterocycles. The van der Waals surface area contributed by atoms with E-state index in [0.717, 1.165) is 12.1 Å². The van der Waals surface area contributed by atoms with Gasteiger partial charge in [0.1, 0.15) is 10.5 Å². The van der Waals surface area contributed by atoms with Crippen molar-refractivity contribution < 1.29 is 22.7 Å². The molecule has 0 spiro atoms. The van der Waals surface area contributed by atoms with Crippen LogP contribution in [0.4, 0.5) is 0 Å². The fourth-order valence-corrected chi connectivity index (χ4v) is 3.95. The normalized spacial score (nSPS) is 11.0. The zero-order valence-corrected chi connectivity index (χ0v) is 16.6. The number of aromatic nitrogens is 1. The summed E-state index contributed by atoms with van der Waals surface area (Å²) in [5.74, 6) is -1.59. The van der Waals surface area contributed by atoms with Crippen molar-refractivity contribution in [3.63, 3.8) is 0 Å². The van der Waals surface area contributed by atoms with Gasteiger partial charge < -0.3 is 10.1 Å². The quantitative estimate of drug-likeness (QED) is 0.724. The molecule has 0 radical (unpaired) electrons. The van der Waals surface area contributed by atoms with Gasteiger partial charge in [0.05, 0.1) is 22.7 Å². The molecule has 0 fully saturated rings. The molecule has 0 bridgehead atoms. The maximum absolute atomic E-state index is 12.6. The lowest BCUT2D eigenvalue weighted by molar-refractivity contribution is 0.0953. The van der Waals surface area contributed by atoms with Crippen LogP contribution in [0.1, 0.15) is 27.6 Å². The predicted molar refractivity (Wildman–Crippen MR) is 99.9 cm³/mol. The van der Waals surface area contributed by atoms with Crippen molar-refractivity contribution in [1.82, 2.24) is 15.0 Å². The van der Waals surface area contributed by atoms with Crippen molar-refractivity contribution in [2.45, 2.75) is 11.8 Å². The highest BCUT2D eigenvalue weighted by Gasteiger charge is 2.26. The van der Waals surface area contributed by atoms with Crippen molar-refractivity contribution in [2.24, 2.45) is 0 Å². The van der Waals surface area contributed by atoms with Gasteiger partial charge in [0.15, 0.2) is 0 Å². The molecule has 11 heteroatoms. The Balaban J connectivity index is 2.43. The molecular weight excluding hydrogens is 417 g/mol. The molecule has 0 saturated carbocycles. The molecule has 8 nitrogen and oxygen atoms in total. The summed E-state index contributed by atoms with van der Waals surface area (Å²) in [6, 6.07) is 4.93. The van der Waals surface area contributed by atoms with E-state index in [2.05, 4.69) is 10.3 Å². The van der Waals surface area contributed by atoms with E-state index < -0.39 is 26.7 Å². The number of benzene rings is 1. The van der Waals surface area contributed by atoms with Crippen molar-refractivity contribution in [1.29, 1.82) is 0 Å². The Hall–Kier alpha value is -2.36. The molecule has 144 valence electrons. The van der Waals surface area contributed by atoms with Crippen LogP contribution in [0.2, 0.25) is 10.0 Å². The first kappa shape index (κ1) is 20.9. The molecule has 0 aliphatic carbocycles. The van der Waals surface area contributed by atoms with Gasteiger partial charge in [0, 0.05) is 12.7 Å². The first-order chi connectivity index (χ1) is 12.7. The number of sulfonamides is 1. The van der Waals surface area contributed by atoms with Gasteiger partial charge in [-0.05, 0) is 31.2 Å². The molecule has 2 aromatic rings. The second-order valence-electron chi connectivity index (χ2n) is 5.12. The van der Waals surface area contributed by atoms with Crippen molar-refractivity contribution in [2.75, 3.05) is 13.7 Å². The van der Waals surface area contributed by atoms with E-state index in [1.165, 1.54) is 25.4 Å². The SMILES string of the molecule is CCNC(=O)c1cc(S(=O)(=O)NC(=O)c2cccnc2OC)c(Cl)cc1Cl. The van der Waals surface area contributed by atoms with Crippen LogP contribution in [0.5, 0.6) is 5.88 Å². The molecule has 27 heavy (non-hydrogen) atoms. The lowest BCUT2D eigenvalue weighted by Crippen LogP contribution is -2.31. The second-order valence-corrected chi connectivity index (χ2v) is 7.58. The third-order valence-electron chi connectivity index (χ3n) is 3.33. The minimum atomic E-state index is -4.40. The highest BCUT2D eigenvalue weighted by Crippen LogP contribution is 2.29. The average Bonchev–Trinajstić information content (AvgIpc) is 2.61. The Morgan fingerprint density at radius 2 is 1.85 bits per heavy atom. The second kappa shape index (κ2) is 8.55. The van der Waals surface area contributed by atoms with E-state index in [0.29, 0.717) is 6.54 Å². The third-order valence-corrected chi connectivity index (χ3v) is 5.44. The average molecular weight is 432 g/mol. The summed E-state index contributed by atoms with van der Waals surface area (Å²) in [7, 11) is -3.11. The lowest BCUT2D eigenvalue weighted by atomic mass is 10.2. The maximum atomic E-state index is 12.6. The number of nitrogens with zero attached hydrogens (tertiary/aromatic N) is 1. The first-order valence-corrected chi connectivity index (χ1v) is 9.78. The van der Waals surface area contributed by atoms with Gasteiger partial charge in [-0.25, -0.2) is 18.1 Å². The Morgan fingerprint density at radius 3 is 2.48 bits per heavy atom. The van der Waals surface area contributed by atoms with Crippen LogP contribution >= 0.6 is 23.2 Å². The summed E-state index contributed by atoms with van der Waals surface area (Å²) >= 11 is 11.9. The largest absolute Gasteiger partial charge is 0.480 e. The number of carbonyl (C=O) groups is 2. The van der Waals surface area contributed by atoms with Gasteiger partial charge >= 0.3 is 0 Å². The number of methoxy groups -OCH3 is 1. The number of hydrogen-bond donors (Lipinski definition) is 2. The topological polar surface area (TPSA) is 114 Å². The summed E-state index contributed by atoms with van der Waals surface area (Å²) in [6.07, 6.45) is 1.39. The first-order valence-electron chi connectivity index (χ1n) is 7.54. The maximum Gasteiger partial charge on any atom is 0.270 e. The molecule has 2 rings (SSSR count). The number of nitrogens with one attached hydrogen (secondary N) is 2. The Kier molecular flexibility index (Phi) is 6.63. The van der Waals surface area contributed by atoms with E-state index in [1.807, 2.05) is 4.72 Å². The number of pyridine rings is 1. The molecular formula is C16H15Cl2N3O5S. The van der Waals surface area contributed by atoms with Crippen LogP contribution in [-0.4, -0.2) is 38.9 Å². The number of amides is 2. The lowest BCUT2D eigenvalue weighted by Gasteiger charge is -2.12. The van der Waals surface area contributed by atoms with Crippen molar-refractivity contribution >= 4 is 45.0 Å². The highest BCUT2D eigenvalue weighted by atomic mass is 35.5. The van der Waals surface area contributed by atoms with E-state index >= 15 is 0 Å². The Labute approximate surface area is 165 Å². The molecule has 1 heterocycles. The van der Waals surface area contributed by atoms with E-state index in [1.54, 1.807) is 6.92 Å². The van der Waals surface area contributed by atoms with Crippen LogP contribution in [-0.2, 0) is 10.0 Å². The third kappa shape index (κ3) is 4.68. The monoisotopic (exact) mass is 431 g/mol. The van der Waals surface area contributed by atoms with E-state index in [-0.39, 0.29) is 27.1 Å². The zero-order chi connectivity index (χ0) is 20.2. The van der Waals surface area contributed by atoms with E-state index in [9.17, 15) is 18.0 Å². The van der Waals surface area contributed by atoms with Crippen molar-refractivity contribution in [3.05, 3.63) is 51.6 Å². The van der Waals surface area contributed by atoms with Gasteiger partial charge in [-0.1, -0.05) is 23.2 Å². The van der Waals surface area contributed by atoms with Gasteiger partial charge in [0.2, 0.25) is 5.88 Å². The molecule has 0 unspecified atom stereocenters. The van der Waals surface area contributed by atoms with Gasteiger partial charge in [-0.15, -0.1) is 0 Å². The minimum absolute atomic E-state index is 0.0230. The molecule has 2 N–H and O–H groups in total. The summed E-state index contributed by atoms with van der Waals surface area (Å²) < 4.78 is 32.1. The van der Waals surface area contributed by atoms with Crippen LogP contribution in [0.3, 0.4) is 0 Å². The Morgan fingerprint density at radius 1 is 1.15 bits per heavy atom. The summed E-state index contributed by atoms with van der Waals surface area (Å²) in [4.78, 5) is 27.8. The van der Waals surface area contributed by atoms with E-state index in [4.69, 9.17) is 27.9 Å². The summed E-state index contributed by atoms with van der Waals surface area (Å²) in [5, 5.41) is 2.24. The predicted octanol–water partition coefficient (Wildman–Crippen LogP) is 2.27. The summed E-state index contributed by atoms with van der Waals surface area (Å²) in [6.45, 7) is 2.01. The van der Waals surface area contributed by atoms with Gasteiger partial charge in [-0.2, -0.15) is 0 Å². The van der Waals surface area contributed by atoms with Crippen LogP contribution in [0.15, 0.2) is 35.4 Å². The Bertz CT molecular complexity index is 996. The van der Waals surface area contributed by atoms with Crippen LogP contribution in [0, 0.1) is 0 Å². The molecule has 1 aromatic carbocycles. The number of rotatable bonds is 6. The number of halogens is 2. The molecule has 2 amide bonds. The van der Waals surface area contributed by atoms with Gasteiger partial charge in [-0.3, -0.25) is 9.59 Å². The highest BCUT2D eigenvalue weighted by molar-refractivity contribution is 7.90. The molecule has 0 atom stereocenters. The molecule has 0 aliphatic heterocycles. The smallest absolute Gasteiger partial charge is 0.270 e. The molecule has 1 aromatic heterocycles. The fraction of sp³-hybridized carbons (Fsp3) is 0.188. The fourth-order valence-electron chi connectivity index (χ4n) is 2.12. The van der Waals surface area contributed by atoms with Gasteiger partial charge in [0.25, 0.3) is 21.8 Å². The number of ether oxygens (including phenoxy) is 1. The number of carbonyl (C=O) groups excluding carboxylic acids is 2. The standard InChI is InChI=1S/C16H15Cl2N3O5S/c1-3-19-14(22)10-7-13(12(18)8-11(10)17)27(24,25)21-15(23)9-5-4-6-20-16(9)26-2/h4-8H,3H2,1-2H3,(H,19,22)(H,21,23). The minimum Gasteiger partial charge on any atom is -0.480 e. The van der Waals surface area contributed by atoms with Crippen molar-refractivity contribution in [3.8, 4) is 5.88 Å². The molecule has 0 aliphatic rings. The zero-order valence-electron chi connectivity index (χ0n) is 14.2. The van der Waals surface area contributed by atoms with Crippen LogP contribution in [0.25, 0.3) is 0 Å².